The highest BCUT2D eigenvalue weighted by Crippen LogP contribution is 2.21. The third-order valence-electron chi connectivity index (χ3n) is 4.10. The number of carbonyl (C=O) groups excluding carboxylic acids is 2. The molecule has 0 bridgehead atoms. The molecule has 1 aliphatic heterocycles. The summed E-state index contributed by atoms with van der Waals surface area (Å²) in [5.41, 5.74) is 5.65. The second-order valence-corrected chi connectivity index (χ2v) is 6.54. The van der Waals surface area contributed by atoms with Gasteiger partial charge in [-0.25, -0.2) is 0 Å². The molecule has 1 aromatic carbocycles. The van der Waals surface area contributed by atoms with Crippen LogP contribution in [0.2, 0.25) is 5.02 Å². The number of carbonyl (C=O) groups is 2. The molecule has 7 heteroatoms. The van der Waals surface area contributed by atoms with Crippen molar-refractivity contribution in [1.82, 2.24) is 10.9 Å². The van der Waals surface area contributed by atoms with E-state index in [0.717, 1.165) is 25.2 Å². The van der Waals surface area contributed by atoms with E-state index in [1.54, 1.807) is 18.2 Å². The summed E-state index contributed by atoms with van der Waals surface area (Å²) in [5.74, 6) is 0.0155. The number of nitrogens with one attached hydrogen (secondary N) is 3. The summed E-state index contributed by atoms with van der Waals surface area (Å²) in [6, 6.07) is 5.18. The standard InChI is InChI=1S/C17H24ClN3O3/c1-13-11-14(18)5-6-15(13)24-12-17(23)20-19-16(22)7-10-21-8-3-2-4-9-21/h5-6,11H,2-4,7-10,12H2,1H3,(H,19,22)(H,20,23)/p+1. The van der Waals surface area contributed by atoms with E-state index in [2.05, 4.69) is 10.9 Å². The minimum absolute atomic E-state index is 0.167. The molecule has 132 valence electrons. The van der Waals surface area contributed by atoms with Gasteiger partial charge in [-0.15, -0.1) is 0 Å². The number of hydrogen-bond acceptors (Lipinski definition) is 3. The van der Waals surface area contributed by atoms with E-state index in [-0.39, 0.29) is 12.5 Å². The van der Waals surface area contributed by atoms with Crippen molar-refractivity contribution in [2.24, 2.45) is 0 Å². The lowest BCUT2D eigenvalue weighted by molar-refractivity contribution is -0.904. The van der Waals surface area contributed by atoms with Gasteiger partial charge in [0.25, 0.3) is 5.91 Å². The Morgan fingerprint density at radius 1 is 1.17 bits per heavy atom. The van der Waals surface area contributed by atoms with Gasteiger partial charge in [-0.05, 0) is 49.9 Å². The highest BCUT2D eigenvalue weighted by atomic mass is 35.5. The van der Waals surface area contributed by atoms with Crippen LogP contribution in [0.25, 0.3) is 0 Å². The van der Waals surface area contributed by atoms with E-state index in [1.165, 1.54) is 24.2 Å². The van der Waals surface area contributed by atoms with Crippen LogP contribution in [-0.4, -0.2) is 38.1 Å². The molecule has 2 amide bonds. The van der Waals surface area contributed by atoms with Crippen molar-refractivity contribution in [3.63, 3.8) is 0 Å². The van der Waals surface area contributed by atoms with Crippen molar-refractivity contribution >= 4 is 23.4 Å². The van der Waals surface area contributed by atoms with Crippen LogP contribution >= 0.6 is 11.6 Å². The Morgan fingerprint density at radius 2 is 1.88 bits per heavy atom. The van der Waals surface area contributed by atoms with Crippen molar-refractivity contribution in [2.45, 2.75) is 32.6 Å². The molecule has 1 fully saturated rings. The van der Waals surface area contributed by atoms with Crippen molar-refractivity contribution in [1.29, 1.82) is 0 Å². The lowest BCUT2D eigenvalue weighted by atomic mass is 10.1. The van der Waals surface area contributed by atoms with Crippen molar-refractivity contribution in [2.75, 3.05) is 26.2 Å². The quantitative estimate of drug-likeness (QED) is 0.656. The lowest BCUT2D eigenvalue weighted by Gasteiger charge is -2.23. The zero-order chi connectivity index (χ0) is 17.4. The van der Waals surface area contributed by atoms with E-state index in [4.69, 9.17) is 16.3 Å². The molecule has 24 heavy (non-hydrogen) atoms. The van der Waals surface area contributed by atoms with E-state index in [9.17, 15) is 9.59 Å². The first-order chi connectivity index (χ1) is 11.5. The van der Waals surface area contributed by atoms with Crippen LogP contribution in [-0.2, 0) is 9.59 Å². The third-order valence-corrected chi connectivity index (χ3v) is 4.34. The van der Waals surface area contributed by atoms with Gasteiger partial charge in [0.05, 0.1) is 26.1 Å². The highest BCUT2D eigenvalue weighted by Gasteiger charge is 2.15. The number of piperidine rings is 1. The monoisotopic (exact) mass is 354 g/mol. The van der Waals surface area contributed by atoms with E-state index in [0.29, 0.717) is 17.2 Å². The van der Waals surface area contributed by atoms with Crippen molar-refractivity contribution in [3.05, 3.63) is 28.8 Å². The Kier molecular flexibility index (Phi) is 7.34. The number of ether oxygens (including phenoxy) is 1. The van der Waals surface area contributed by atoms with E-state index in [1.807, 2.05) is 6.92 Å². The minimum atomic E-state index is -0.400. The second-order valence-electron chi connectivity index (χ2n) is 6.11. The molecule has 1 aromatic rings. The molecule has 0 aromatic heterocycles. The molecule has 1 aliphatic rings. The number of likely N-dealkylation sites (tertiary alicyclic amines) is 1. The fourth-order valence-corrected chi connectivity index (χ4v) is 2.97. The Bertz CT molecular complexity index is 574. The summed E-state index contributed by atoms with van der Waals surface area (Å²) >= 11 is 5.87. The summed E-state index contributed by atoms with van der Waals surface area (Å²) < 4.78 is 5.41. The molecule has 6 nitrogen and oxygen atoms in total. The predicted octanol–water partition coefficient (Wildman–Crippen LogP) is 0.634. The van der Waals surface area contributed by atoms with Crippen LogP contribution in [0.1, 0.15) is 31.2 Å². The summed E-state index contributed by atoms with van der Waals surface area (Å²) in [6.07, 6.45) is 4.16. The first-order valence-electron chi connectivity index (χ1n) is 8.35. The zero-order valence-electron chi connectivity index (χ0n) is 14.0. The van der Waals surface area contributed by atoms with E-state index < -0.39 is 5.91 Å². The zero-order valence-corrected chi connectivity index (χ0v) is 14.7. The van der Waals surface area contributed by atoms with Gasteiger partial charge >= 0.3 is 0 Å². The Morgan fingerprint density at radius 3 is 2.58 bits per heavy atom. The first kappa shape index (κ1) is 18.5. The fourth-order valence-electron chi connectivity index (χ4n) is 2.75. The van der Waals surface area contributed by atoms with Crippen LogP contribution < -0.4 is 20.5 Å². The maximum atomic E-state index is 11.8. The molecule has 0 saturated carbocycles. The highest BCUT2D eigenvalue weighted by molar-refractivity contribution is 6.30. The summed E-state index contributed by atoms with van der Waals surface area (Å²) in [5, 5.41) is 0.618. The second kappa shape index (κ2) is 9.49. The molecule has 0 spiro atoms. The molecule has 3 N–H and O–H groups in total. The lowest BCUT2D eigenvalue weighted by Crippen LogP contribution is -3.12. The Balaban J connectivity index is 1.62. The largest absolute Gasteiger partial charge is 0.483 e. The molecule has 0 aliphatic carbocycles. The maximum Gasteiger partial charge on any atom is 0.276 e. The number of amides is 2. The topological polar surface area (TPSA) is 71.9 Å². The van der Waals surface area contributed by atoms with E-state index >= 15 is 0 Å². The molecular weight excluding hydrogens is 330 g/mol. The third kappa shape index (κ3) is 6.37. The molecular formula is C17H25ClN3O3+. The average molecular weight is 355 g/mol. The molecule has 0 radical (unpaired) electrons. The average Bonchev–Trinajstić information content (AvgIpc) is 2.58. The predicted molar refractivity (Wildman–Crippen MR) is 92.0 cm³/mol. The number of benzene rings is 1. The van der Waals surface area contributed by atoms with Gasteiger partial charge in [-0.1, -0.05) is 11.6 Å². The van der Waals surface area contributed by atoms with Crippen molar-refractivity contribution < 1.29 is 19.2 Å². The molecule has 0 unspecified atom stereocenters. The van der Waals surface area contributed by atoms with Gasteiger partial charge in [0.1, 0.15) is 5.75 Å². The number of hydrazine groups is 1. The van der Waals surface area contributed by atoms with Gasteiger partial charge in [0.2, 0.25) is 5.91 Å². The normalized spacial score (nSPS) is 14.9. The number of hydrogen-bond donors (Lipinski definition) is 3. The van der Waals surface area contributed by atoms with Crippen LogP contribution in [0.5, 0.6) is 5.75 Å². The van der Waals surface area contributed by atoms with Gasteiger partial charge < -0.3 is 9.64 Å². The van der Waals surface area contributed by atoms with Crippen LogP contribution in [0.15, 0.2) is 18.2 Å². The van der Waals surface area contributed by atoms with Gasteiger partial charge in [-0.2, -0.15) is 0 Å². The van der Waals surface area contributed by atoms with Gasteiger partial charge in [0, 0.05) is 5.02 Å². The number of halogens is 1. The maximum absolute atomic E-state index is 11.8. The van der Waals surface area contributed by atoms with Crippen LogP contribution in [0, 0.1) is 6.92 Å². The van der Waals surface area contributed by atoms with Crippen LogP contribution in [0.4, 0.5) is 0 Å². The summed E-state index contributed by atoms with van der Waals surface area (Å²) in [7, 11) is 0. The summed E-state index contributed by atoms with van der Waals surface area (Å²) in [4.78, 5) is 24.9. The SMILES string of the molecule is Cc1cc(Cl)ccc1OCC(=O)NNC(=O)CC[NH+]1CCCCC1. The van der Waals surface area contributed by atoms with Gasteiger partial charge in [0.15, 0.2) is 6.61 Å². The Hall–Kier alpha value is -1.79. The first-order valence-corrected chi connectivity index (χ1v) is 8.72. The van der Waals surface area contributed by atoms with Crippen LogP contribution in [0.3, 0.4) is 0 Å². The summed E-state index contributed by atoms with van der Waals surface area (Å²) in [6.45, 7) is 4.76. The molecule has 1 saturated heterocycles. The molecule has 1 heterocycles. The van der Waals surface area contributed by atoms with Crippen molar-refractivity contribution in [3.8, 4) is 5.75 Å². The fraction of sp³-hybridized carbons (Fsp3) is 0.529. The number of aryl methyl sites for hydroxylation is 1. The minimum Gasteiger partial charge on any atom is -0.483 e. The molecule has 0 atom stereocenters. The molecule has 2 rings (SSSR count). The van der Waals surface area contributed by atoms with Gasteiger partial charge in [-0.3, -0.25) is 20.4 Å². The number of rotatable bonds is 6. The Labute approximate surface area is 147 Å². The number of quaternary nitrogens is 1. The smallest absolute Gasteiger partial charge is 0.276 e.